The Kier molecular flexibility index (Phi) is 7.47. The smallest absolute Gasteiger partial charge is 0.333 e. The standard InChI is InChI=1S/C22H27N3O6S/c1-24(2)18-10-6-9-17-16(18)8-7-11-19(17)32(29,30)23-15-5-3-4-12-22(28)31-25-20(26)13-14-21(25)27/h6-11,23H,3-5,12-15H2,1-2H3. The first-order valence-corrected chi connectivity index (χ1v) is 11.9. The van der Waals surface area contributed by atoms with Gasteiger partial charge in [0.25, 0.3) is 11.8 Å². The Hall–Kier alpha value is -2.98. The number of imide groups is 1. The van der Waals surface area contributed by atoms with Crippen LogP contribution < -0.4 is 9.62 Å². The van der Waals surface area contributed by atoms with Crippen LogP contribution in [0.1, 0.15) is 38.5 Å². The van der Waals surface area contributed by atoms with Crippen LogP contribution in [-0.4, -0.2) is 51.9 Å². The Morgan fingerprint density at radius 3 is 2.34 bits per heavy atom. The molecular weight excluding hydrogens is 434 g/mol. The van der Waals surface area contributed by atoms with Crippen molar-refractivity contribution in [2.24, 2.45) is 0 Å². The first kappa shape index (κ1) is 23.7. The third kappa shape index (κ3) is 5.43. The van der Waals surface area contributed by atoms with Crippen molar-refractivity contribution in [2.75, 3.05) is 25.5 Å². The van der Waals surface area contributed by atoms with E-state index in [1.807, 2.05) is 37.2 Å². The number of nitrogens with zero attached hydrogens (tertiary/aromatic N) is 2. The van der Waals surface area contributed by atoms with Gasteiger partial charge < -0.3 is 9.74 Å². The molecule has 1 fully saturated rings. The summed E-state index contributed by atoms with van der Waals surface area (Å²) < 4.78 is 28.3. The van der Waals surface area contributed by atoms with Crippen LogP contribution in [0.2, 0.25) is 0 Å². The van der Waals surface area contributed by atoms with E-state index in [0.717, 1.165) is 11.1 Å². The monoisotopic (exact) mass is 461 g/mol. The van der Waals surface area contributed by atoms with Crippen LogP contribution in [0, 0.1) is 0 Å². The number of benzene rings is 2. The fourth-order valence-electron chi connectivity index (χ4n) is 3.55. The second-order valence-electron chi connectivity index (χ2n) is 7.78. The van der Waals surface area contributed by atoms with E-state index in [9.17, 15) is 22.8 Å². The second kappa shape index (κ2) is 10.1. The summed E-state index contributed by atoms with van der Waals surface area (Å²) >= 11 is 0. The van der Waals surface area contributed by atoms with Gasteiger partial charge in [0.2, 0.25) is 10.0 Å². The zero-order valence-electron chi connectivity index (χ0n) is 18.2. The summed E-state index contributed by atoms with van der Waals surface area (Å²) in [6, 6.07) is 10.8. The van der Waals surface area contributed by atoms with E-state index in [1.165, 1.54) is 0 Å². The van der Waals surface area contributed by atoms with Crippen LogP contribution in [0.3, 0.4) is 0 Å². The molecule has 0 spiro atoms. The van der Waals surface area contributed by atoms with Gasteiger partial charge in [0, 0.05) is 56.4 Å². The molecule has 0 aliphatic carbocycles. The quantitative estimate of drug-likeness (QED) is 0.427. The number of unbranched alkanes of at least 4 members (excludes halogenated alkanes) is 2. The van der Waals surface area contributed by atoms with E-state index in [0.29, 0.717) is 29.7 Å². The summed E-state index contributed by atoms with van der Waals surface area (Å²) in [5.74, 6) is -1.67. The molecule has 0 aromatic heterocycles. The molecule has 2 amide bonds. The Labute approximate surface area is 187 Å². The van der Waals surface area contributed by atoms with E-state index in [1.54, 1.807) is 18.2 Å². The van der Waals surface area contributed by atoms with E-state index < -0.39 is 27.8 Å². The minimum Gasteiger partial charge on any atom is -0.377 e. The summed E-state index contributed by atoms with van der Waals surface area (Å²) in [5.41, 5.74) is 0.934. The largest absolute Gasteiger partial charge is 0.377 e. The lowest BCUT2D eigenvalue weighted by molar-refractivity contribution is -0.197. The molecule has 1 saturated heterocycles. The lowest BCUT2D eigenvalue weighted by Crippen LogP contribution is -2.31. The first-order valence-electron chi connectivity index (χ1n) is 10.5. The Morgan fingerprint density at radius 2 is 1.66 bits per heavy atom. The minimum atomic E-state index is -3.70. The second-order valence-corrected chi connectivity index (χ2v) is 9.51. The van der Waals surface area contributed by atoms with Gasteiger partial charge in [0.1, 0.15) is 0 Å². The fourth-order valence-corrected chi connectivity index (χ4v) is 4.84. The maximum atomic E-state index is 12.9. The van der Waals surface area contributed by atoms with Crippen molar-refractivity contribution in [3.63, 3.8) is 0 Å². The highest BCUT2D eigenvalue weighted by Gasteiger charge is 2.32. The normalized spacial score (nSPS) is 14.2. The van der Waals surface area contributed by atoms with Crippen LogP contribution in [0.15, 0.2) is 41.3 Å². The number of hydrogen-bond donors (Lipinski definition) is 1. The van der Waals surface area contributed by atoms with Crippen molar-refractivity contribution in [3.05, 3.63) is 36.4 Å². The molecule has 9 nitrogen and oxygen atoms in total. The maximum absolute atomic E-state index is 12.9. The SMILES string of the molecule is CN(C)c1cccc2c(S(=O)(=O)NCCCCCC(=O)ON3C(=O)CCC3=O)cccc12. The van der Waals surface area contributed by atoms with Gasteiger partial charge in [-0.3, -0.25) is 9.59 Å². The predicted octanol–water partition coefficient (Wildman–Crippen LogP) is 2.35. The van der Waals surface area contributed by atoms with Crippen molar-refractivity contribution < 1.29 is 27.6 Å². The van der Waals surface area contributed by atoms with Crippen LogP contribution in [0.4, 0.5) is 5.69 Å². The molecule has 0 bridgehead atoms. The van der Waals surface area contributed by atoms with Gasteiger partial charge in [-0.1, -0.05) is 30.7 Å². The number of carbonyl (C=O) groups excluding carboxylic acids is 3. The minimum absolute atomic E-state index is 0.0421. The van der Waals surface area contributed by atoms with Crippen molar-refractivity contribution in [1.29, 1.82) is 0 Å². The molecule has 10 heteroatoms. The number of rotatable bonds is 10. The molecule has 0 saturated carbocycles. The molecule has 32 heavy (non-hydrogen) atoms. The third-order valence-electron chi connectivity index (χ3n) is 5.18. The van der Waals surface area contributed by atoms with Gasteiger partial charge in [-0.05, 0) is 25.0 Å². The van der Waals surface area contributed by atoms with Gasteiger partial charge in [-0.2, -0.15) is 0 Å². The average Bonchev–Trinajstić information content (AvgIpc) is 3.07. The zero-order chi connectivity index (χ0) is 23.3. The summed E-state index contributed by atoms with van der Waals surface area (Å²) in [6.45, 7) is 0.226. The molecule has 1 heterocycles. The maximum Gasteiger partial charge on any atom is 0.333 e. The zero-order valence-corrected chi connectivity index (χ0v) is 19.0. The molecule has 1 aliphatic heterocycles. The fraction of sp³-hybridized carbons (Fsp3) is 0.409. The third-order valence-corrected chi connectivity index (χ3v) is 6.70. The highest BCUT2D eigenvalue weighted by atomic mass is 32.2. The Balaban J connectivity index is 1.49. The summed E-state index contributed by atoms with van der Waals surface area (Å²) in [4.78, 5) is 41.6. The molecular formula is C22H27N3O6S. The summed E-state index contributed by atoms with van der Waals surface area (Å²) in [7, 11) is 0.113. The molecule has 172 valence electrons. The number of hydroxylamine groups is 2. The molecule has 1 aliphatic rings. The van der Waals surface area contributed by atoms with E-state index in [4.69, 9.17) is 4.84 Å². The number of fused-ring (bicyclic) bond motifs is 1. The van der Waals surface area contributed by atoms with Crippen molar-refractivity contribution in [2.45, 2.75) is 43.4 Å². The molecule has 1 N–H and O–H groups in total. The van der Waals surface area contributed by atoms with Gasteiger partial charge in [-0.25, -0.2) is 17.9 Å². The molecule has 2 aromatic rings. The topological polar surface area (TPSA) is 113 Å². The summed E-state index contributed by atoms with van der Waals surface area (Å²) in [5, 5.41) is 2.04. The van der Waals surface area contributed by atoms with E-state index >= 15 is 0 Å². The van der Waals surface area contributed by atoms with Gasteiger partial charge in [0.15, 0.2) is 0 Å². The summed E-state index contributed by atoms with van der Waals surface area (Å²) in [6.07, 6.45) is 1.72. The highest BCUT2D eigenvalue weighted by Crippen LogP contribution is 2.30. The molecule has 2 aromatic carbocycles. The number of hydrogen-bond acceptors (Lipinski definition) is 7. The van der Waals surface area contributed by atoms with Gasteiger partial charge in [-0.15, -0.1) is 5.06 Å². The van der Waals surface area contributed by atoms with Gasteiger partial charge in [0.05, 0.1) is 4.90 Å². The number of amides is 2. The van der Waals surface area contributed by atoms with E-state index in [-0.39, 0.29) is 30.7 Å². The average molecular weight is 462 g/mol. The number of sulfonamides is 1. The molecule has 0 atom stereocenters. The molecule has 0 radical (unpaired) electrons. The van der Waals surface area contributed by atoms with Crippen molar-refractivity contribution >= 4 is 44.3 Å². The Morgan fingerprint density at radius 1 is 1.00 bits per heavy atom. The van der Waals surface area contributed by atoms with Gasteiger partial charge >= 0.3 is 5.97 Å². The predicted molar refractivity (Wildman–Crippen MR) is 119 cm³/mol. The first-order chi connectivity index (χ1) is 15.2. The van der Waals surface area contributed by atoms with Crippen LogP contribution in [-0.2, 0) is 29.2 Å². The van der Waals surface area contributed by atoms with Crippen LogP contribution >= 0.6 is 0 Å². The lowest BCUT2D eigenvalue weighted by Gasteiger charge is -2.17. The highest BCUT2D eigenvalue weighted by molar-refractivity contribution is 7.89. The van der Waals surface area contributed by atoms with Crippen LogP contribution in [0.5, 0.6) is 0 Å². The Bertz CT molecular complexity index is 1110. The molecule has 0 unspecified atom stereocenters. The number of anilines is 1. The molecule has 3 rings (SSSR count). The van der Waals surface area contributed by atoms with Crippen LogP contribution in [0.25, 0.3) is 10.8 Å². The van der Waals surface area contributed by atoms with E-state index in [2.05, 4.69) is 4.72 Å². The van der Waals surface area contributed by atoms with Crippen molar-refractivity contribution in [3.8, 4) is 0 Å². The lowest BCUT2D eigenvalue weighted by atomic mass is 10.1. The number of carbonyl (C=O) groups is 3. The number of nitrogens with one attached hydrogen (secondary N) is 1. The van der Waals surface area contributed by atoms with Crippen molar-refractivity contribution in [1.82, 2.24) is 9.79 Å².